The molecule has 0 spiro atoms. The van der Waals surface area contributed by atoms with Crippen LogP contribution in [0.5, 0.6) is 0 Å². The molecule has 0 radical (unpaired) electrons. The Morgan fingerprint density at radius 2 is 1.89 bits per heavy atom. The zero-order chi connectivity index (χ0) is 14.1. The standard InChI is InChI=1S/C9H14O2.C6H9NO/c1-2-9(10)11-8-6-4-3-5-7-8;1-2-7-5-3-4-6(7)8/h2,8H,1,3-7H2;2H,1,3-5H2. The van der Waals surface area contributed by atoms with Crippen molar-refractivity contribution in [1.29, 1.82) is 0 Å². The van der Waals surface area contributed by atoms with Gasteiger partial charge in [0.25, 0.3) is 0 Å². The number of carbonyl (C=O) groups is 2. The van der Waals surface area contributed by atoms with E-state index in [1.54, 1.807) is 11.1 Å². The quantitative estimate of drug-likeness (QED) is 0.582. The summed E-state index contributed by atoms with van der Waals surface area (Å²) in [5.74, 6) is -0.0723. The SMILES string of the molecule is C=CC(=O)OC1CCCCC1.C=CN1CCCC1=O. The van der Waals surface area contributed by atoms with Gasteiger partial charge in [-0.1, -0.05) is 19.6 Å². The van der Waals surface area contributed by atoms with Gasteiger partial charge in [0, 0.05) is 19.0 Å². The van der Waals surface area contributed by atoms with Crippen molar-refractivity contribution < 1.29 is 14.3 Å². The molecule has 1 aliphatic carbocycles. The number of hydrogen-bond acceptors (Lipinski definition) is 3. The van der Waals surface area contributed by atoms with Gasteiger partial charge < -0.3 is 9.64 Å². The second kappa shape index (κ2) is 8.51. The predicted molar refractivity (Wildman–Crippen MR) is 74.3 cm³/mol. The molecule has 0 atom stereocenters. The van der Waals surface area contributed by atoms with Crippen LogP contribution >= 0.6 is 0 Å². The van der Waals surface area contributed by atoms with Gasteiger partial charge in [-0.05, 0) is 38.3 Å². The van der Waals surface area contributed by atoms with Crippen LogP contribution in [0.3, 0.4) is 0 Å². The van der Waals surface area contributed by atoms with Crippen LogP contribution in [0, 0.1) is 0 Å². The van der Waals surface area contributed by atoms with Gasteiger partial charge >= 0.3 is 5.97 Å². The van der Waals surface area contributed by atoms with Crippen LogP contribution in [-0.4, -0.2) is 29.4 Å². The van der Waals surface area contributed by atoms with Gasteiger partial charge in [0.05, 0.1) is 0 Å². The highest BCUT2D eigenvalue weighted by atomic mass is 16.5. The molecular formula is C15H23NO3. The van der Waals surface area contributed by atoms with E-state index in [4.69, 9.17) is 4.74 Å². The lowest BCUT2D eigenvalue weighted by molar-refractivity contribution is -0.144. The lowest BCUT2D eigenvalue weighted by Gasteiger charge is -2.20. The summed E-state index contributed by atoms with van der Waals surface area (Å²) in [7, 11) is 0. The van der Waals surface area contributed by atoms with E-state index in [1.165, 1.54) is 25.3 Å². The van der Waals surface area contributed by atoms with Crippen LogP contribution in [0.2, 0.25) is 0 Å². The molecule has 106 valence electrons. The number of hydrogen-bond donors (Lipinski definition) is 0. The average molecular weight is 265 g/mol. The molecule has 1 saturated carbocycles. The van der Waals surface area contributed by atoms with E-state index in [2.05, 4.69) is 13.2 Å². The smallest absolute Gasteiger partial charge is 0.330 e. The van der Waals surface area contributed by atoms with Crippen molar-refractivity contribution >= 4 is 11.9 Å². The second-order valence-electron chi connectivity index (χ2n) is 4.77. The third kappa shape index (κ3) is 5.73. The topological polar surface area (TPSA) is 46.6 Å². The molecule has 0 bridgehead atoms. The molecule has 0 aromatic carbocycles. The highest BCUT2D eigenvalue weighted by Gasteiger charge is 2.16. The molecule has 2 fully saturated rings. The summed E-state index contributed by atoms with van der Waals surface area (Å²) < 4.78 is 5.08. The van der Waals surface area contributed by atoms with E-state index in [-0.39, 0.29) is 18.0 Å². The monoisotopic (exact) mass is 265 g/mol. The predicted octanol–water partition coefficient (Wildman–Crippen LogP) is 2.80. The molecule has 1 saturated heterocycles. The number of nitrogens with zero attached hydrogens (tertiary/aromatic N) is 1. The summed E-state index contributed by atoms with van der Waals surface area (Å²) in [5, 5.41) is 0. The van der Waals surface area contributed by atoms with Crippen molar-refractivity contribution in [1.82, 2.24) is 4.90 Å². The zero-order valence-electron chi connectivity index (χ0n) is 11.5. The summed E-state index contributed by atoms with van der Waals surface area (Å²) in [4.78, 5) is 23.1. The van der Waals surface area contributed by atoms with E-state index in [0.717, 1.165) is 25.8 Å². The molecule has 4 nitrogen and oxygen atoms in total. The molecule has 0 N–H and O–H groups in total. The Morgan fingerprint density at radius 1 is 1.21 bits per heavy atom. The van der Waals surface area contributed by atoms with Crippen molar-refractivity contribution in [2.24, 2.45) is 0 Å². The normalized spacial score (nSPS) is 19.4. The fourth-order valence-electron chi connectivity index (χ4n) is 2.26. The average Bonchev–Trinajstić information content (AvgIpc) is 2.86. The van der Waals surface area contributed by atoms with Crippen molar-refractivity contribution in [3.05, 3.63) is 25.4 Å². The third-order valence-electron chi connectivity index (χ3n) is 3.33. The van der Waals surface area contributed by atoms with Crippen molar-refractivity contribution in [3.63, 3.8) is 0 Å². The number of rotatable bonds is 3. The number of likely N-dealkylation sites (tertiary alicyclic amines) is 1. The minimum atomic E-state index is -0.281. The molecule has 2 rings (SSSR count). The summed E-state index contributed by atoms with van der Waals surface area (Å²) in [6, 6.07) is 0. The Balaban J connectivity index is 0.000000200. The molecule has 1 heterocycles. The molecule has 2 aliphatic rings. The Morgan fingerprint density at radius 3 is 2.32 bits per heavy atom. The Kier molecular flexibility index (Phi) is 6.93. The van der Waals surface area contributed by atoms with Crippen LogP contribution in [-0.2, 0) is 14.3 Å². The lowest BCUT2D eigenvalue weighted by atomic mass is 9.98. The first-order chi connectivity index (χ1) is 9.17. The van der Waals surface area contributed by atoms with E-state index in [0.29, 0.717) is 6.42 Å². The Bertz CT molecular complexity index is 332. The number of ether oxygens (including phenoxy) is 1. The fourth-order valence-corrected chi connectivity index (χ4v) is 2.26. The van der Waals surface area contributed by atoms with Gasteiger partial charge in [-0.25, -0.2) is 4.79 Å². The van der Waals surface area contributed by atoms with Gasteiger partial charge in [0.1, 0.15) is 6.10 Å². The second-order valence-corrected chi connectivity index (χ2v) is 4.77. The summed E-state index contributed by atoms with van der Waals surface area (Å²) >= 11 is 0. The van der Waals surface area contributed by atoms with Gasteiger partial charge in [-0.15, -0.1) is 0 Å². The van der Waals surface area contributed by atoms with Crippen LogP contribution < -0.4 is 0 Å². The molecular weight excluding hydrogens is 242 g/mol. The summed E-state index contributed by atoms with van der Waals surface area (Å²) in [5.41, 5.74) is 0. The van der Waals surface area contributed by atoms with Crippen molar-refractivity contribution in [3.8, 4) is 0 Å². The van der Waals surface area contributed by atoms with E-state index < -0.39 is 0 Å². The lowest BCUT2D eigenvalue weighted by Crippen LogP contribution is -2.19. The number of esters is 1. The molecule has 19 heavy (non-hydrogen) atoms. The largest absolute Gasteiger partial charge is 0.459 e. The maximum atomic E-state index is 10.7. The van der Waals surface area contributed by atoms with Crippen molar-refractivity contribution in [2.75, 3.05) is 6.54 Å². The molecule has 0 aromatic heterocycles. The third-order valence-corrected chi connectivity index (χ3v) is 3.33. The fraction of sp³-hybridized carbons (Fsp3) is 0.600. The first kappa shape index (κ1) is 15.5. The minimum absolute atomic E-state index is 0.161. The van der Waals surface area contributed by atoms with Crippen molar-refractivity contribution in [2.45, 2.75) is 51.0 Å². The Labute approximate surface area is 115 Å². The first-order valence-corrected chi connectivity index (χ1v) is 6.92. The molecule has 1 amide bonds. The first-order valence-electron chi connectivity index (χ1n) is 6.92. The van der Waals surface area contributed by atoms with Crippen LogP contribution in [0.1, 0.15) is 44.9 Å². The van der Waals surface area contributed by atoms with E-state index >= 15 is 0 Å². The summed E-state index contributed by atoms with van der Waals surface area (Å²) in [6.07, 6.45) is 10.4. The van der Waals surface area contributed by atoms with Crippen LogP contribution in [0.4, 0.5) is 0 Å². The van der Waals surface area contributed by atoms with E-state index in [1.807, 2.05) is 0 Å². The zero-order valence-corrected chi connectivity index (χ0v) is 11.5. The molecule has 0 unspecified atom stereocenters. The highest BCUT2D eigenvalue weighted by molar-refractivity contribution is 5.81. The number of carbonyl (C=O) groups excluding carboxylic acids is 2. The minimum Gasteiger partial charge on any atom is -0.459 e. The molecule has 1 aliphatic heterocycles. The summed E-state index contributed by atoms with van der Waals surface area (Å²) in [6.45, 7) is 7.71. The molecule has 4 heteroatoms. The van der Waals surface area contributed by atoms with E-state index in [9.17, 15) is 9.59 Å². The molecule has 0 aromatic rings. The van der Waals surface area contributed by atoms with Crippen LogP contribution in [0.15, 0.2) is 25.4 Å². The van der Waals surface area contributed by atoms with Gasteiger partial charge in [0.2, 0.25) is 5.91 Å². The van der Waals surface area contributed by atoms with Crippen LogP contribution in [0.25, 0.3) is 0 Å². The number of amides is 1. The van der Waals surface area contributed by atoms with Gasteiger partial charge in [-0.3, -0.25) is 4.79 Å². The Hall–Kier alpha value is -1.58. The van der Waals surface area contributed by atoms with Gasteiger partial charge in [0.15, 0.2) is 0 Å². The maximum Gasteiger partial charge on any atom is 0.330 e. The maximum absolute atomic E-state index is 10.7. The highest BCUT2D eigenvalue weighted by Crippen LogP contribution is 2.20. The van der Waals surface area contributed by atoms with Gasteiger partial charge in [-0.2, -0.15) is 0 Å².